The zero-order valence-corrected chi connectivity index (χ0v) is 10.8. The quantitative estimate of drug-likeness (QED) is 0.868. The van der Waals surface area contributed by atoms with Gasteiger partial charge in [-0.2, -0.15) is 0 Å². The first-order valence-electron chi connectivity index (χ1n) is 4.63. The third-order valence-electron chi connectivity index (χ3n) is 2.16. The van der Waals surface area contributed by atoms with E-state index in [2.05, 4.69) is 21.2 Å². The lowest BCUT2D eigenvalue weighted by Crippen LogP contribution is -2.28. The van der Waals surface area contributed by atoms with E-state index in [9.17, 15) is 4.79 Å². The summed E-state index contributed by atoms with van der Waals surface area (Å²) in [5.41, 5.74) is 0.924. The van der Waals surface area contributed by atoms with Gasteiger partial charge < -0.3 is 14.8 Å². The predicted molar refractivity (Wildman–Crippen MR) is 62.8 cm³/mol. The van der Waals surface area contributed by atoms with Crippen LogP contribution in [0.4, 0.5) is 4.79 Å². The molecule has 1 heterocycles. The number of hydrogen-bond donors (Lipinski definition) is 1. The molecular formula is C10H9BrClNO3. The summed E-state index contributed by atoms with van der Waals surface area (Å²) in [6.07, 6.45) is -0.628. The fourth-order valence-electron chi connectivity index (χ4n) is 1.49. The van der Waals surface area contributed by atoms with Crippen LogP contribution in [0.3, 0.4) is 0 Å². The zero-order chi connectivity index (χ0) is 11.7. The molecular weight excluding hydrogens is 297 g/mol. The molecule has 1 unspecified atom stereocenters. The van der Waals surface area contributed by atoms with Crippen LogP contribution in [-0.2, 0) is 11.2 Å². The molecule has 0 saturated carbocycles. The number of fused-ring (bicyclic) bond motifs is 1. The van der Waals surface area contributed by atoms with E-state index < -0.39 is 12.4 Å². The van der Waals surface area contributed by atoms with Gasteiger partial charge in [0.15, 0.2) is 0 Å². The molecule has 1 aliphatic rings. The molecule has 1 atom stereocenters. The average Bonchev–Trinajstić information content (AvgIpc) is 2.60. The Balaban J connectivity index is 2.15. The third-order valence-corrected chi connectivity index (χ3v) is 2.90. The maximum atomic E-state index is 11.0. The molecule has 1 aromatic carbocycles. The number of alkyl carbamates (subject to hydrolysis) is 1. The van der Waals surface area contributed by atoms with E-state index in [1.54, 1.807) is 6.07 Å². The molecule has 0 fully saturated rings. The van der Waals surface area contributed by atoms with Crippen LogP contribution in [0.25, 0.3) is 0 Å². The Morgan fingerprint density at radius 3 is 3.12 bits per heavy atom. The van der Waals surface area contributed by atoms with Crippen molar-refractivity contribution in [2.24, 2.45) is 0 Å². The van der Waals surface area contributed by atoms with Gasteiger partial charge in [0.25, 0.3) is 0 Å². The molecule has 2 rings (SSSR count). The lowest BCUT2D eigenvalue weighted by atomic mass is 10.2. The number of carbonyl (C=O) groups excluding carboxylic acids is 1. The van der Waals surface area contributed by atoms with Crippen molar-refractivity contribution < 1.29 is 14.3 Å². The molecule has 0 bridgehead atoms. The minimum absolute atomic E-state index is 0.502. The second-order valence-corrected chi connectivity index (χ2v) is 4.61. The first kappa shape index (κ1) is 11.5. The lowest BCUT2D eigenvalue weighted by Gasteiger charge is -2.11. The number of carbonyl (C=O) groups is 1. The van der Waals surface area contributed by atoms with E-state index in [4.69, 9.17) is 21.1 Å². The van der Waals surface area contributed by atoms with Gasteiger partial charge in [-0.1, -0.05) is 27.5 Å². The maximum absolute atomic E-state index is 11.0. The molecule has 1 aromatic rings. The summed E-state index contributed by atoms with van der Waals surface area (Å²) >= 11 is 9.34. The summed E-state index contributed by atoms with van der Waals surface area (Å²) < 4.78 is 11.3. The summed E-state index contributed by atoms with van der Waals surface area (Å²) in [6, 6.07) is 3.64. The largest absolute Gasteiger partial charge is 0.452 e. The van der Waals surface area contributed by atoms with Gasteiger partial charge in [0.2, 0.25) is 6.29 Å². The van der Waals surface area contributed by atoms with Gasteiger partial charge in [-0.3, -0.25) is 0 Å². The molecule has 1 N–H and O–H groups in total. The maximum Gasteiger partial charge on any atom is 0.409 e. The van der Waals surface area contributed by atoms with Gasteiger partial charge in [0, 0.05) is 17.1 Å². The molecule has 0 saturated heterocycles. The van der Waals surface area contributed by atoms with E-state index in [1.807, 2.05) is 6.07 Å². The van der Waals surface area contributed by atoms with Crippen LogP contribution in [0.15, 0.2) is 16.6 Å². The highest BCUT2D eigenvalue weighted by molar-refractivity contribution is 9.10. The van der Waals surface area contributed by atoms with Crippen LogP contribution in [-0.4, -0.2) is 19.4 Å². The number of halogens is 2. The van der Waals surface area contributed by atoms with Gasteiger partial charge in [0.05, 0.1) is 11.4 Å². The first-order chi connectivity index (χ1) is 7.60. The Morgan fingerprint density at radius 2 is 2.44 bits per heavy atom. The topological polar surface area (TPSA) is 47.6 Å². The summed E-state index contributed by atoms with van der Waals surface area (Å²) in [5, 5.41) is 2.87. The highest BCUT2D eigenvalue weighted by Crippen LogP contribution is 2.38. The fraction of sp³-hybridized carbons (Fsp3) is 0.300. The molecule has 0 aliphatic carbocycles. The fourth-order valence-corrected chi connectivity index (χ4v) is 2.41. The van der Waals surface area contributed by atoms with Crippen molar-refractivity contribution in [1.82, 2.24) is 5.32 Å². The van der Waals surface area contributed by atoms with Crippen LogP contribution in [0.1, 0.15) is 5.56 Å². The van der Waals surface area contributed by atoms with Crippen LogP contribution < -0.4 is 10.1 Å². The Labute approximate surface area is 106 Å². The molecule has 4 nitrogen and oxygen atoms in total. The average molecular weight is 307 g/mol. The van der Waals surface area contributed by atoms with Gasteiger partial charge in [-0.25, -0.2) is 4.79 Å². The number of nitrogens with one attached hydrogen (secondary N) is 1. The van der Waals surface area contributed by atoms with Crippen LogP contribution in [0.2, 0.25) is 5.02 Å². The van der Waals surface area contributed by atoms with Gasteiger partial charge in [-0.05, 0) is 12.1 Å². The first-order valence-corrected chi connectivity index (χ1v) is 5.80. The van der Waals surface area contributed by atoms with Crippen LogP contribution in [0, 0.1) is 0 Å². The van der Waals surface area contributed by atoms with Crippen molar-refractivity contribution in [3.8, 4) is 5.75 Å². The molecule has 0 spiro atoms. The van der Waals surface area contributed by atoms with Crippen molar-refractivity contribution in [1.29, 1.82) is 0 Å². The number of rotatable bonds is 1. The molecule has 1 amide bonds. The Bertz CT molecular complexity index is 438. The van der Waals surface area contributed by atoms with Crippen molar-refractivity contribution in [3.63, 3.8) is 0 Å². The minimum Gasteiger partial charge on any atom is -0.452 e. The third kappa shape index (κ3) is 2.25. The van der Waals surface area contributed by atoms with E-state index in [0.29, 0.717) is 17.2 Å². The van der Waals surface area contributed by atoms with E-state index in [0.717, 1.165) is 10.0 Å². The molecule has 16 heavy (non-hydrogen) atoms. The SMILES string of the molecule is CNC(=O)OC1Cc2cc(Br)cc(Cl)c2O1. The molecule has 0 radical (unpaired) electrons. The number of ether oxygens (including phenoxy) is 2. The summed E-state index contributed by atoms with van der Waals surface area (Å²) in [7, 11) is 1.49. The van der Waals surface area contributed by atoms with Crippen molar-refractivity contribution in [2.45, 2.75) is 12.7 Å². The number of benzene rings is 1. The predicted octanol–water partition coefficient (Wildman–Crippen LogP) is 2.72. The second kappa shape index (κ2) is 4.51. The standard InChI is InChI=1S/C10H9BrClNO3/c1-13-10(14)16-8-3-5-2-6(11)4-7(12)9(5)15-8/h2,4,8H,3H2,1H3,(H,13,14). The smallest absolute Gasteiger partial charge is 0.409 e. The van der Waals surface area contributed by atoms with E-state index >= 15 is 0 Å². The van der Waals surface area contributed by atoms with Crippen molar-refractivity contribution in [3.05, 3.63) is 27.2 Å². The normalized spacial score (nSPS) is 17.6. The van der Waals surface area contributed by atoms with Gasteiger partial charge in [0.1, 0.15) is 5.75 Å². The molecule has 6 heteroatoms. The second-order valence-electron chi connectivity index (χ2n) is 3.28. The lowest BCUT2D eigenvalue weighted by molar-refractivity contribution is -0.0156. The Morgan fingerprint density at radius 1 is 1.69 bits per heavy atom. The van der Waals surface area contributed by atoms with Crippen LogP contribution in [0.5, 0.6) is 5.75 Å². The van der Waals surface area contributed by atoms with Gasteiger partial charge in [-0.15, -0.1) is 0 Å². The summed E-state index contributed by atoms with van der Waals surface area (Å²) in [4.78, 5) is 11.0. The summed E-state index contributed by atoms with van der Waals surface area (Å²) in [5.74, 6) is 0.582. The highest BCUT2D eigenvalue weighted by atomic mass is 79.9. The Hall–Kier alpha value is -0.940. The molecule has 86 valence electrons. The monoisotopic (exact) mass is 305 g/mol. The van der Waals surface area contributed by atoms with Crippen LogP contribution >= 0.6 is 27.5 Å². The number of amides is 1. The van der Waals surface area contributed by atoms with Crippen molar-refractivity contribution >= 4 is 33.6 Å². The van der Waals surface area contributed by atoms with Crippen molar-refractivity contribution in [2.75, 3.05) is 7.05 Å². The van der Waals surface area contributed by atoms with E-state index in [1.165, 1.54) is 7.05 Å². The molecule has 1 aliphatic heterocycles. The summed E-state index contributed by atoms with van der Waals surface area (Å²) in [6.45, 7) is 0. The Kier molecular flexibility index (Phi) is 3.25. The number of hydrogen-bond acceptors (Lipinski definition) is 3. The highest BCUT2D eigenvalue weighted by Gasteiger charge is 2.28. The van der Waals surface area contributed by atoms with Gasteiger partial charge >= 0.3 is 6.09 Å². The molecule has 0 aromatic heterocycles. The minimum atomic E-state index is -0.609. The zero-order valence-electron chi connectivity index (χ0n) is 8.42. The van der Waals surface area contributed by atoms with E-state index in [-0.39, 0.29) is 0 Å².